The second-order valence-corrected chi connectivity index (χ2v) is 6.63. The molecule has 1 aromatic rings. The van der Waals surface area contributed by atoms with Gasteiger partial charge in [-0.2, -0.15) is 0 Å². The maximum absolute atomic E-state index is 12.1. The van der Waals surface area contributed by atoms with Crippen LogP contribution in [0.15, 0.2) is 24.3 Å². The number of halogens is 1. The molecular weight excluding hydrogens is 338 g/mol. The van der Waals surface area contributed by atoms with E-state index in [2.05, 4.69) is 5.32 Å². The van der Waals surface area contributed by atoms with Gasteiger partial charge in [-0.1, -0.05) is 29.8 Å². The van der Waals surface area contributed by atoms with E-state index in [4.69, 9.17) is 11.6 Å². The van der Waals surface area contributed by atoms with Crippen LogP contribution in [0.25, 0.3) is 0 Å². The quantitative estimate of drug-likeness (QED) is 0.691. The highest BCUT2D eigenvalue weighted by Crippen LogP contribution is 2.25. The molecular formula is C19H30ClN3O2. The van der Waals surface area contributed by atoms with E-state index >= 15 is 0 Å². The lowest BCUT2D eigenvalue weighted by molar-refractivity contribution is -0.131. The molecule has 25 heavy (non-hydrogen) atoms. The predicted octanol–water partition coefficient (Wildman–Crippen LogP) is 3.10. The molecule has 0 spiro atoms. The molecule has 0 aliphatic heterocycles. The fourth-order valence-corrected chi connectivity index (χ4v) is 3.01. The van der Waals surface area contributed by atoms with Gasteiger partial charge in [0.25, 0.3) is 0 Å². The highest BCUT2D eigenvalue weighted by atomic mass is 35.5. The van der Waals surface area contributed by atoms with Crippen LogP contribution >= 0.6 is 11.6 Å². The van der Waals surface area contributed by atoms with Gasteiger partial charge in [0.15, 0.2) is 0 Å². The van der Waals surface area contributed by atoms with Crippen LogP contribution in [0.2, 0.25) is 5.02 Å². The first-order valence-electron chi connectivity index (χ1n) is 8.86. The number of carbonyl (C=O) groups excluding carboxylic acids is 2. The summed E-state index contributed by atoms with van der Waals surface area (Å²) < 4.78 is 0. The van der Waals surface area contributed by atoms with E-state index in [1.165, 1.54) is 0 Å². The van der Waals surface area contributed by atoms with Gasteiger partial charge < -0.3 is 15.1 Å². The molecule has 0 fully saturated rings. The van der Waals surface area contributed by atoms with E-state index in [1.807, 2.05) is 57.1 Å². The standard InChI is InChI=1S/C19H30ClN3O2/c1-5-23(6-2)19(25)13-9-12-18(24)21-14-17(22(3)4)15-10-7-8-11-16(15)20/h7-8,10-11,17H,5-6,9,12-14H2,1-4H3,(H,21,24). The molecule has 0 bridgehead atoms. The number of hydrogen-bond acceptors (Lipinski definition) is 3. The number of nitrogens with zero attached hydrogens (tertiary/aromatic N) is 2. The zero-order valence-electron chi connectivity index (χ0n) is 15.7. The number of benzene rings is 1. The summed E-state index contributed by atoms with van der Waals surface area (Å²) in [6.07, 6.45) is 1.34. The average molecular weight is 368 g/mol. The van der Waals surface area contributed by atoms with Crippen molar-refractivity contribution in [3.05, 3.63) is 34.9 Å². The maximum Gasteiger partial charge on any atom is 0.222 e. The number of nitrogens with one attached hydrogen (secondary N) is 1. The first-order chi connectivity index (χ1) is 11.9. The molecule has 1 rings (SSSR count). The third-order valence-corrected chi connectivity index (χ3v) is 4.63. The third kappa shape index (κ3) is 7.04. The van der Waals surface area contributed by atoms with E-state index in [1.54, 1.807) is 4.90 Å². The first kappa shape index (κ1) is 21.5. The highest BCUT2D eigenvalue weighted by Gasteiger charge is 2.18. The van der Waals surface area contributed by atoms with Crippen molar-refractivity contribution < 1.29 is 9.59 Å². The lowest BCUT2D eigenvalue weighted by atomic mass is 10.1. The molecule has 0 aliphatic carbocycles. The van der Waals surface area contributed by atoms with Gasteiger partial charge in [0.2, 0.25) is 11.8 Å². The molecule has 1 unspecified atom stereocenters. The summed E-state index contributed by atoms with van der Waals surface area (Å²) in [7, 11) is 3.92. The summed E-state index contributed by atoms with van der Waals surface area (Å²) in [4.78, 5) is 27.8. The molecule has 5 nitrogen and oxygen atoms in total. The number of rotatable bonds is 10. The Bertz CT molecular complexity index is 559. The smallest absolute Gasteiger partial charge is 0.222 e. The van der Waals surface area contributed by atoms with Crippen LogP contribution in [-0.2, 0) is 9.59 Å². The zero-order valence-corrected chi connectivity index (χ0v) is 16.5. The minimum Gasteiger partial charge on any atom is -0.354 e. The molecule has 2 amide bonds. The van der Waals surface area contributed by atoms with Crippen LogP contribution in [0, 0.1) is 0 Å². The Kier molecular flexibility index (Phi) is 9.53. The van der Waals surface area contributed by atoms with Gasteiger partial charge in [-0.25, -0.2) is 0 Å². The molecule has 0 aliphatic rings. The fourth-order valence-electron chi connectivity index (χ4n) is 2.75. The second kappa shape index (κ2) is 11.1. The normalized spacial score (nSPS) is 12.1. The molecule has 6 heteroatoms. The van der Waals surface area contributed by atoms with E-state index in [0.717, 1.165) is 5.56 Å². The van der Waals surface area contributed by atoms with Crippen molar-refractivity contribution in [2.45, 2.75) is 39.2 Å². The number of amides is 2. The molecule has 1 atom stereocenters. The third-order valence-electron chi connectivity index (χ3n) is 4.29. The Labute approximate surface area is 156 Å². The number of carbonyl (C=O) groups is 2. The summed E-state index contributed by atoms with van der Waals surface area (Å²) in [6, 6.07) is 7.67. The average Bonchev–Trinajstić information content (AvgIpc) is 2.57. The van der Waals surface area contributed by atoms with Crippen molar-refractivity contribution in [2.24, 2.45) is 0 Å². The van der Waals surface area contributed by atoms with Gasteiger partial charge in [0.1, 0.15) is 0 Å². The summed E-state index contributed by atoms with van der Waals surface area (Å²) in [6.45, 7) is 5.84. The molecule has 140 valence electrons. The van der Waals surface area contributed by atoms with Gasteiger partial charge in [0, 0.05) is 37.5 Å². The topological polar surface area (TPSA) is 52.7 Å². The lowest BCUT2D eigenvalue weighted by Gasteiger charge is -2.26. The van der Waals surface area contributed by atoms with E-state index < -0.39 is 0 Å². The van der Waals surface area contributed by atoms with Gasteiger partial charge in [0.05, 0.1) is 6.04 Å². The lowest BCUT2D eigenvalue weighted by Crippen LogP contribution is -2.35. The van der Waals surface area contributed by atoms with Gasteiger partial charge >= 0.3 is 0 Å². The summed E-state index contributed by atoms with van der Waals surface area (Å²) in [5.74, 6) is 0.0753. The van der Waals surface area contributed by atoms with Gasteiger partial charge in [-0.15, -0.1) is 0 Å². The SMILES string of the molecule is CCN(CC)C(=O)CCCC(=O)NCC(c1ccccc1Cl)N(C)C. The van der Waals surface area contributed by atoms with Gasteiger partial charge in [-0.05, 0) is 46.0 Å². The van der Waals surface area contributed by atoms with Crippen molar-refractivity contribution >= 4 is 23.4 Å². The Morgan fingerprint density at radius 2 is 1.76 bits per heavy atom. The molecule has 0 heterocycles. The van der Waals surface area contributed by atoms with E-state index in [9.17, 15) is 9.59 Å². The Morgan fingerprint density at radius 3 is 2.32 bits per heavy atom. The van der Waals surface area contributed by atoms with E-state index in [-0.39, 0.29) is 17.9 Å². The minimum atomic E-state index is -0.0359. The second-order valence-electron chi connectivity index (χ2n) is 6.22. The van der Waals surface area contributed by atoms with Crippen LogP contribution < -0.4 is 5.32 Å². The molecule has 0 saturated carbocycles. The molecule has 0 aromatic heterocycles. The highest BCUT2D eigenvalue weighted by molar-refractivity contribution is 6.31. The molecule has 1 N–H and O–H groups in total. The molecule has 0 radical (unpaired) electrons. The molecule has 1 aromatic carbocycles. The van der Waals surface area contributed by atoms with Crippen molar-refractivity contribution in [1.29, 1.82) is 0 Å². The Balaban J connectivity index is 2.46. The maximum atomic E-state index is 12.1. The van der Waals surface area contributed by atoms with Crippen LogP contribution in [0.4, 0.5) is 0 Å². The Morgan fingerprint density at radius 1 is 1.12 bits per heavy atom. The fraction of sp³-hybridized carbons (Fsp3) is 0.579. The molecule has 0 saturated heterocycles. The van der Waals surface area contributed by atoms with Crippen molar-refractivity contribution in [3.63, 3.8) is 0 Å². The first-order valence-corrected chi connectivity index (χ1v) is 9.23. The monoisotopic (exact) mass is 367 g/mol. The summed E-state index contributed by atoms with van der Waals surface area (Å²) in [5.41, 5.74) is 0.992. The number of likely N-dealkylation sites (N-methyl/N-ethyl adjacent to an activating group) is 1. The zero-order chi connectivity index (χ0) is 18.8. The van der Waals surface area contributed by atoms with Crippen molar-refractivity contribution in [1.82, 2.24) is 15.1 Å². The predicted molar refractivity (Wildman–Crippen MR) is 103 cm³/mol. The largest absolute Gasteiger partial charge is 0.354 e. The summed E-state index contributed by atoms with van der Waals surface area (Å²) >= 11 is 6.27. The van der Waals surface area contributed by atoms with E-state index in [0.29, 0.717) is 43.9 Å². The van der Waals surface area contributed by atoms with Crippen LogP contribution in [0.5, 0.6) is 0 Å². The van der Waals surface area contributed by atoms with Crippen LogP contribution in [0.1, 0.15) is 44.7 Å². The van der Waals surface area contributed by atoms with Crippen LogP contribution in [-0.4, -0.2) is 55.3 Å². The summed E-state index contributed by atoms with van der Waals surface area (Å²) in [5, 5.41) is 3.65. The number of hydrogen-bond donors (Lipinski definition) is 1. The van der Waals surface area contributed by atoms with Crippen molar-refractivity contribution in [2.75, 3.05) is 33.7 Å². The Hall–Kier alpha value is -1.59. The van der Waals surface area contributed by atoms with Crippen molar-refractivity contribution in [3.8, 4) is 0 Å². The van der Waals surface area contributed by atoms with Crippen LogP contribution in [0.3, 0.4) is 0 Å². The van der Waals surface area contributed by atoms with Gasteiger partial charge in [-0.3, -0.25) is 9.59 Å². The minimum absolute atomic E-state index is 0.00922.